The van der Waals surface area contributed by atoms with E-state index in [9.17, 15) is 4.79 Å². The van der Waals surface area contributed by atoms with Crippen molar-refractivity contribution in [3.05, 3.63) is 14.7 Å². The second-order valence-electron chi connectivity index (χ2n) is 5.21. The van der Waals surface area contributed by atoms with Crippen LogP contribution in [-0.2, 0) is 0 Å². The highest BCUT2D eigenvalue weighted by Crippen LogP contribution is 2.28. The Labute approximate surface area is 109 Å². The minimum atomic E-state index is 0.0238. The average Bonchev–Trinajstić information content (AvgIpc) is 2.22. The molecule has 3 nitrogen and oxygen atoms in total. The van der Waals surface area contributed by atoms with Gasteiger partial charge in [-0.15, -0.1) is 0 Å². The fraction of sp³-hybridized carbons (Fsp3) is 0.692. The standard InChI is InChI=1S/C13H22N2OS/c1-9(2)7-6-8-15(5)10-11(14(3)4)13(17)12(10)16/h9H,6-8H2,1-5H3. The van der Waals surface area contributed by atoms with Gasteiger partial charge in [0.1, 0.15) is 10.2 Å². The van der Waals surface area contributed by atoms with Gasteiger partial charge in [0.25, 0.3) is 0 Å². The first-order valence-corrected chi connectivity index (χ1v) is 6.48. The second kappa shape index (κ2) is 5.63. The zero-order valence-electron chi connectivity index (χ0n) is 11.4. The van der Waals surface area contributed by atoms with E-state index in [-0.39, 0.29) is 5.43 Å². The van der Waals surface area contributed by atoms with Gasteiger partial charge in [0, 0.05) is 27.7 Å². The maximum atomic E-state index is 11.7. The van der Waals surface area contributed by atoms with Crippen molar-refractivity contribution in [2.75, 3.05) is 37.5 Å². The highest BCUT2D eigenvalue weighted by Gasteiger charge is 2.22. The van der Waals surface area contributed by atoms with E-state index < -0.39 is 0 Å². The van der Waals surface area contributed by atoms with Gasteiger partial charge in [-0.25, -0.2) is 0 Å². The average molecular weight is 254 g/mol. The number of hydrogen-bond acceptors (Lipinski definition) is 4. The van der Waals surface area contributed by atoms with Crippen LogP contribution in [0.25, 0.3) is 0 Å². The highest BCUT2D eigenvalue weighted by atomic mass is 32.1. The van der Waals surface area contributed by atoms with Gasteiger partial charge in [-0.2, -0.15) is 0 Å². The Hall–Kier alpha value is -0.900. The van der Waals surface area contributed by atoms with Crippen molar-refractivity contribution in [3.63, 3.8) is 0 Å². The van der Waals surface area contributed by atoms with Crippen LogP contribution in [-0.4, -0.2) is 27.7 Å². The van der Waals surface area contributed by atoms with Crippen LogP contribution in [0.2, 0.25) is 0 Å². The lowest BCUT2D eigenvalue weighted by Gasteiger charge is -2.27. The molecule has 1 aromatic rings. The summed E-state index contributed by atoms with van der Waals surface area (Å²) in [5, 5.41) is 0. The molecule has 0 spiro atoms. The van der Waals surface area contributed by atoms with Gasteiger partial charge >= 0.3 is 0 Å². The van der Waals surface area contributed by atoms with Gasteiger partial charge in [-0.1, -0.05) is 26.1 Å². The van der Waals surface area contributed by atoms with Gasteiger partial charge in [0.05, 0.1) is 5.69 Å². The fourth-order valence-corrected chi connectivity index (χ4v) is 2.36. The zero-order chi connectivity index (χ0) is 13.2. The number of anilines is 2. The van der Waals surface area contributed by atoms with Gasteiger partial charge in [0.15, 0.2) is 0 Å². The van der Waals surface area contributed by atoms with Crippen LogP contribution >= 0.6 is 12.2 Å². The van der Waals surface area contributed by atoms with E-state index in [2.05, 4.69) is 13.8 Å². The molecule has 0 radical (unpaired) electrons. The van der Waals surface area contributed by atoms with E-state index in [0.717, 1.165) is 24.3 Å². The van der Waals surface area contributed by atoms with Crippen LogP contribution in [0.1, 0.15) is 26.7 Å². The van der Waals surface area contributed by atoms with Crippen molar-refractivity contribution in [1.82, 2.24) is 0 Å². The van der Waals surface area contributed by atoms with E-state index in [1.807, 2.05) is 30.9 Å². The summed E-state index contributed by atoms with van der Waals surface area (Å²) in [6, 6.07) is 0. The summed E-state index contributed by atoms with van der Waals surface area (Å²) in [4.78, 5) is 15.7. The summed E-state index contributed by atoms with van der Waals surface area (Å²) >= 11 is 5.08. The van der Waals surface area contributed by atoms with E-state index >= 15 is 0 Å². The van der Waals surface area contributed by atoms with Crippen molar-refractivity contribution in [2.45, 2.75) is 26.7 Å². The molecule has 96 valence electrons. The molecule has 4 heteroatoms. The van der Waals surface area contributed by atoms with E-state index in [0.29, 0.717) is 10.4 Å². The van der Waals surface area contributed by atoms with Crippen LogP contribution in [0, 0.1) is 10.4 Å². The number of rotatable bonds is 6. The monoisotopic (exact) mass is 254 g/mol. The summed E-state index contributed by atoms with van der Waals surface area (Å²) in [5.74, 6) is 0.712. The van der Waals surface area contributed by atoms with Gasteiger partial charge in [0.2, 0.25) is 5.43 Å². The van der Waals surface area contributed by atoms with Crippen LogP contribution in [0.4, 0.5) is 11.4 Å². The molecular formula is C13H22N2OS. The molecule has 1 rings (SSSR count). The minimum Gasteiger partial charge on any atom is -0.375 e. The van der Waals surface area contributed by atoms with Crippen LogP contribution in [0.5, 0.6) is 0 Å². The molecule has 17 heavy (non-hydrogen) atoms. The van der Waals surface area contributed by atoms with E-state index in [4.69, 9.17) is 12.2 Å². The predicted octanol–water partition coefficient (Wildman–Crippen LogP) is 2.59. The lowest BCUT2D eigenvalue weighted by Crippen LogP contribution is -2.32. The molecule has 0 unspecified atom stereocenters. The largest absolute Gasteiger partial charge is 0.375 e. The SMILES string of the molecule is CC(C)CCCN(C)c1c(N(C)C)c(=S)c1=O. The van der Waals surface area contributed by atoms with Crippen LogP contribution < -0.4 is 15.2 Å². The molecule has 0 heterocycles. The summed E-state index contributed by atoms with van der Waals surface area (Å²) in [5.41, 5.74) is 1.72. The topological polar surface area (TPSA) is 23.6 Å². The molecule has 0 amide bonds. The van der Waals surface area contributed by atoms with Gasteiger partial charge < -0.3 is 9.80 Å². The number of hydrogen-bond donors (Lipinski definition) is 0. The molecule has 1 aromatic carbocycles. The Morgan fingerprint density at radius 1 is 1.18 bits per heavy atom. The maximum absolute atomic E-state index is 11.7. The Morgan fingerprint density at radius 3 is 2.24 bits per heavy atom. The third kappa shape index (κ3) is 3.06. The summed E-state index contributed by atoms with van der Waals surface area (Å²) in [7, 11) is 5.82. The smallest absolute Gasteiger partial charge is 0.224 e. The Morgan fingerprint density at radius 2 is 1.76 bits per heavy atom. The quantitative estimate of drug-likeness (QED) is 0.728. The molecule has 0 aliphatic carbocycles. The van der Waals surface area contributed by atoms with Crippen molar-refractivity contribution in [2.24, 2.45) is 5.92 Å². The van der Waals surface area contributed by atoms with Crippen molar-refractivity contribution < 1.29 is 0 Å². The van der Waals surface area contributed by atoms with E-state index in [1.54, 1.807) is 0 Å². The second-order valence-corrected chi connectivity index (χ2v) is 5.62. The first kappa shape index (κ1) is 14.2. The first-order valence-electron chi connectivity index (χ1n) is 6.08. The molecule has 0 saturated carbocycles. The normalized spacial score (nSPS) is 11.2. The zero-order valence-corrected chi connectivity index (χ0v) is 12.2. The summed E-state index contributed by atoms with van der Waals surface area (Å²) in [6.45, 7) is 5.35. The molecule has 0 atom stereocenters. The Kier molecular flexibility index (Phi) is 4.69. The predicted molar refractivity (Wildman–Crippen MR) is 77.6 cm³/mol. The van der Waals surface area contributed by atoms with Gasteiger partial charge in [-0.05, 0) is 18.8 Å². The molecule has 0 aliphatic rings. The van der Waals surface area contributed by atoms with Crippen molar-refractivity contribution in [3.8, 4) is 0 Å². The maximum Gasteiger partial charge on any atom is 0.224 e. The molecular weight excluding hydrogens is 232 g/mol. The van der Waals surface area contributed by atoms with Crippen LogP contribution in [0.15, 0.2) is 4.79 Å². The molecule has 0 saturated heterocycles. The first-order chi connectivity index (χ1) is 7.86. The molecule has 0 aromatic heterocycles. The minimum absolute atomic E-state index is 0.0238. The molecule has 0 N–H and O–H groups in total. The van der Waals surface area contributed by atoms with Crippen molar-refractivity contribution >= 4 is 23.6 Å². The lowest BCUT2D eigenvalue weighted by molar-refractivity contribution is 0.555. The lowest BCUT2D eigenvalue weighted by atomic mass is 10.1. The van der Waals surface area contributed by atoms with Gasteiger partial charge in [-0.3, -0.25) is 4.79 Å². The third-order valence-corrected chi connectivity index (χ3v) is 3.34. The summed E-state index contributed by atoms with van der Waals surface area (Å²) < 4.78 is 0.473. The molecule has 0 fully saturated rings. The summed E-state index contributed by atoms with van der Waals surface area (Å²) in [6.07, 6.45) is 2.30. The Balaban J connectivity index is 2.70. The number of nitrogens with zero attached hydrogens (tertiary/aromatic N) is 2. The molecule has 0 aliphatic heterocycles. The Bertz CT molecular complexity index is 444. The third-order valence-electron chi connectivity index (χ3n) is 2.96. The van der Waals surface area contributed by atoms with Crippen molar-refractivity contribution in [1.29, 1.82) is 0 Å². The van der Waals surface area contributed by atoms with Crippen LogP contribution in [0.3, 0.4) is 0 Å². The highest BCUT2D eigenvalue weighted by molar-refractivity contribution is 7.71. The van der Waals surface area contributed by atoms with E-state index in [1.165, 1.54) is 6.42 Å². The fourth-order valence-electron chi connectivity index (χ4n) is 1.99. The molecule has 0 bridgehead atoms.